The van der Waals surface area contributed by atoms with E-state index < -0.39 is 11.9 Å². The molecule has 1 N–H and O–H groups in total. The van der Waals surface area contributed by atoms with Crippen molar-refractivity contribution in [3.8, 4) is 17.2 Å². The molecule has 0 saturated heterocycles. The summed E-state index contributed by atoms with van der Waals surface area (Å²) in [5.41, 5.74) is 1.66. The van der Waals surface area contributed by atoms with Gasteiger partial charge in [-0.2, -0.15) is 0 Å². The Kier molecular flexibility index (Phi) is 7.10. The van der Waals surface area contributed by atoms with Crippen molar-refractivity contribution in [3.05, 3.63) is 72.3 Å². The first-order valence-corrected chi connectivity index (χ1v) is 9.42. The van der Waals surface area contributed by atoms with E-state index in [-0.39, 0.29) is 19.4 Å². The van der Waals surface area contributed by atoms with Gasteiger partial charge in [-0.15, -0.1) is 0 Å². The van der Waals surface area contributed by atoms with Gasteiger partial charge in [-0.3, -0.25) is 4.79 Å². The standard InChI is InChI=1S/C23H23NO6/c1-3-12-27-19-8-4-17(5-9-19)6-11-23(26)28-14-22(25)24-16(2)18-7-10-20-21(13-18)30-15-29-20/h3-11,13,16H,1,12,14-15H2,2H3,(H,24,25)/b11-6+. The van der Waals surface area contributed by atoms with Crippen molar-refractivity contribution in [1.29, 1.82) is 0 Å². The number of rotatable bonds is 9. The van der Waals surface area contributed by atoms with Crippen LogP contribution in [-0.4, -0.2) is 31.9 Å². The van der Waals surface area contributed by atoms with Gasteiger partial charge in [-0.25, -0.2) is 4.79 Å². The van der Waals surface area contributed by atoms with E-state index in [1.54, 1.807) is 30.4 Å². The van der Waals surface area contributed by atoms with E-state index in [9.17, 15) is 9.59 Å². The molecule has 0 aromatic heterocycles. The Morgan fingerprint density at radius 3 is 2.70 bits per heavy atom. The van der Waals surface area contributed by atoms with Crippen LogP contribution in [0.25, 0.3) is 6.08 Å². The zero-order chi connectivity index (χ0) is 21.3. The number of nitrogens with one attached hydrogen (secondary N) is 1. The van der Waals surface area contributed by atoms with E-state index in [0.717, 1.165) is 11.1 Å². The molecule has 3 rings (SSSR count). The van der Waals surface area contributed by atoms with E-state index in [1.165, 1.54) is 6.08 Å². The molecule has 2 aromatic rings. The molecule has 7 heteroatoms. The first kappa shape index (κ1) is 21.0. The largest absolute Gasteiger partial charge is 0.490 e. The summed E-state index contributed by atoms with van der Waals surface area (Å²) in [4.78, 5) is 23.9. The lowest BCUT2D eigenvalue weighted by Crippen LogP contribution is -2.30. The summed E-state index contributed by atoms with van der Waals surface area (Å²) < 4.78 is 21.0. The quantitative estimate of drug-likeness (QED) is 0.388. The van der Waals surface area contributed by atoms with E-state index in [1.807, 2.05) is 31.2 Å². The molecule has 30 heavy (non-hydrogen) atoms. The van der Waals surface area contributed by atoms with E-state index >= 15 is 0 Å². The number of fused-ring (bicyclic) bond motifs is 1. The van der Waals surface area contributed by atoms with E-state index in [2.05, 4.69) is 11.9 Å². The number of benzene rings is 2. The van der Waals surface area contributed by atoms with Gasteiger partial charge in [0.05, 0.1) is 6.04 Å². The highest BCUT2D eigenvalue weighted by Gasteiger charge is 2.17. The summed E-state index contributed by atoms with van der Waals surface area (Å²) in [6.07, 6.45) is 4.54. The van der Waals surface area contributed by atoms with Gasteiger partial charge < -0.3 is 24.3 Å². The maximum absolute atomic E-state index is 12.1. The molecule has 1 aliphatic rings. The van der Waals surface area contributed by atoms with Crippen molar-refractivity contribution in [1.82, 2.24) is 5.32 Å². The second-order valence-corrected chi connectivity index (χ2v) is 6.51. The van der Waals surface area contributed by atoms with Gasteiger partial charge in [0.1, 0.15) is 12.4 Å². The number of hydrogen-bond donors (Lipinski definition) is 1. The maximum atomic E-state index is 12.1. The summed E-state index contributed by atoms with van der Waals surface area (Å²) in [5.74, 6) is 1.03. The Bertz CT molecular complexity index is 935. The van der Waals surface area contributed by atoms with Crippen molar-refractivity contribution in [2.45, 2.75) is 13.0 Å². The number of ether oxygens (including phenoxy) is 4. The summed E-state index contributed by atoms with van der Waals surface area (Å²) in [6.45, 7) is 5.67. The molecule has 0 saturated carbocycles. The lowest BCUT2D eigenvalue weighted by atomic mass is 10.1. The van der Waals surface area contributed by atoms with E-state index in [0.29, 0.717) is 23.9 Å². The van der Waals surface area contributed by atoms with Gasteiger partial charge in [0.25, 0.3) is 5.91 Å². The van der Waals surface area contributed by atoms with Crippen molar-refractivity contribution in [3.63, 3.8) is 0 Å². The average molecular weight is 409 g/mol. The third-order valence-corrected chi connectivity index (χ3v) is 4.28. The van der Waals surface area contributed by atoms with Crippen LogP contribution in [0.1, 0.15) is 24.1 Å². The normalized spacial score (nSPS) is 13.0. The van der Waals surface area contributed by atoms with Crippen LogP contribution in [-0.2, 0) is 14.3 Å². The fourth-order valence-corrected chi connectivity index (χ4v) is 2.73. The summed E-state index contributed by atoms with van der Waals surface area (Å²) >= 11 is 0. The summed E-state index contributed by atoms with van der Waals surface area (Å²) in [7, 11) is 0. The number of hydrogen-bond acceptors (Lipinski definition) is 6. The van der Waals surface area contributed by atoms with Gasteiger partial charge in [-0.05, 0) is 48.4 Å². The Balaban J connectivity index is 1.43. The Morgan fingerprint density at radius 2 is 1.93 bits per heavy atom. The fraction of sp³-hybridized carbons (Fsp3) is 0.217. The molecule has 0 spiro atoms. The third-order valence-electron chi connectivity index (χ3n) is 4.28. The second kappa shape index (κ2) is 10.2. The van der Waals surface area contributed by atoms with Crippen LogP contribution in [0.4, 0.5) is 0 Å². The van der Waals surface area contributed by atoms with Crippen LogP contribution in [0.3, 0.4) is 0 Å². The van der Waals surface area contributed by atoms with Gasteiger partial charge in [0.15, 0.2) is 18.1 Å². The van der Waals surface area contributed by atoms with Crippen molar-refractivity contribution >= 4 is 18.0 Å². The van der Waals surface area contributed by atoms with Gasteiger partial charge in [-0.1, -0.05) is 30.9 Å². The molecule has 0 radical (unpaired) electrons. The number of amides is 1. The molecule has 1 amide bonds. The predicted molar refractivity (Wildman–Crippen MR) is 111 cm³/mol. The zero-order valence-electron chi connectivity index (χ0n) is 16.6. The molecular weight excluding hydrogens is 386 g/mol. The Labute approximate surface area is 174 Å². The van der Waals surface area contributed by atoms with Crippen LogP contribution in [0.2, 0.25) is 0 Å². The maximum Gasteiger partial charge on any atom is 0.331 e. The molecule has 0 fully saturated rings. The Morgan fingerprint density at radius 1 is 1.17 bits per heavy atom. The Hall–Kier alpha value is -3.74. The minimum atomic E-state index is -0.604. The molecular formula is C23H23NO6. The van der Waals surface area contributed by atoms with Crippen molar-refractivity contribution < 1.29 is 28.5 Å². The first-order valence-electron chi connectivity index (χ1n) is 9.42. The average Bonchev–Trinajstić information content (AvgIpc) is 3.23. The molecule has 2 aromatic carbocycles. The lowest BCUT2D eigenvalue weighted by Gasteiger charge is -2.14. The highest BCUT2D eigenvalue weighted by molar-refractivity contribution is 5.89. The number of carbonyl (C=O) groups excluding carboxylic acids is 2. The third kappa shape index (κ3) is 5.88. The molecule has 156 valence electrons. The monoisotopic (exact) mass is 409 g/mol. The van der Waals surface area contributed by atoms with Gasteiger partial charge in [0, 0.05) is 6.08 Å². The van der Waals surface area contributed by atoms with Crippen molar-refractivity contribution in [2.75, 3.05) is 20.0 Å². The van der Waals surface area contributed by atoms with Crippen molar-refractivity contribution in [2.24, 2.45) is 0 Å². The molecule has 1 unspecified atom stereocenters. The lowest BCUT2D eigenvalue weighted by molar-refractivity contribution is -0.144. The predicted octanol–water partition coefficient (Wildman–Crippen LogP) is 3.41. The molecule has 7 nitrogen and oxygen atoms in total. The first-order chi connectivity index (χ1) is 14.5. The minimum Gasteiger partial charge on any atom is -0.490 e. The SMILES string of the molecule is C=CCOc1ccc(/C=C/C(=O)OCC(=O)NC(C)c2ccc3c(c2)OCO3)cc1. The summed E-state index contributed by atoms with van der Waals surface area (Å²) in [6, 6.07) is 12.4. The topological polar surface area (TPSA) is 83.1 Å². The highest BCUT2D eigenvalue weighted by atomic mass is 16.7. The van der Waals surface area contributed by atoms with Crippen LogP contribution in [0, 0.1) is 0 Å². The second-order valence-electron chi connectivity index (χ2n) is 6.51. The molecule has 0 aliphatic carbocycles. The smallest absolute Gasteiger partial charge is 0.331 e. The minimum absolute atomic E-state index is 0.191. The van der Waals surface area contributed by atoms with Crippen LogP contribution in [0.15, 0.2) is 61.2 Å². The molecule has 1 atom stereocenters. The number of esters is 1. The summed E-state index contributed by atoms with van der Waals surface area (Å²) in [5, 5.41) is 2.78. The molecule has 1 heterocycles. The van der Waals surface area contributed by atoms with Gasteiger partial charge >= 0.3 is 5.97 Å². The van der Waals surface area contributed by atoms with Crippen LogP contribution in [0.5, 0.6) is 17.2 Å². The van der Waals surface area contributed by atoms with E-state index in [4.69, 9.17) is 18.9 Å². The zero-order valence-corrected chi connectivity index (χ0v) is 16.6. The van der Waals surface area contributed by atoms with Crippen LogP contribution < -0.4 is 19.5 Å². The molecule has 1 aliphatic heterocycles. The van der Waals surface area contributed by atoms with Crippen LogP contribution >= 0.6 is 0 Å². The molecule has 0 bridgehead atoms. The fourth-order valence-electron chi connectivity index (χ4n) is 2.73. The highest BCUT2D eigenvalue weighted by Crippen LogP contribution is 2.34. The number of carbonyl (C=O) groups is 2. The van der Waals surface area contributed by atoms with Gasteiger partial charge in [0.2, 0.25) is 6.79 Å².